The predicted molar refractivity (Wildman–Crippen MR) is 253 cm³/mol. The molecule has 1 heterocycles. The van der Waals surface area contributed by atoms with Crippen LogP contribution in [0.5, 0.6) is 0 Å². The molecular weight excluding hydrogens is 767 g/mol. The first-order chi connectivity index (χ1) is 29.8. The highest BCUT2D eigenvalue weighted by atomic mass is 16.7. The molecule has 1 saturated heterocycles. The third kappa shape index (κ3) is 32.5. The van der Waals surface area contributed by atoms with E-state index in [1.165, 1.54) is 148 Å². The number of hydrogen-bond donors (Lipinski definition) is 6. The van der Waals surface area contributed by atoms with Gasteiger partial charge in [-0.3, -0.25) is 4.79 Å². The Labute approximate surface area is 373 Å². The minimum atomic E-state index is -1.56. The van der Waals surface area contributed by atoms with Gasteiger partial charge in [0, 0.05) is 6.42 Å². The largest absolute Gasteiger partial charge is 0.394 e. The van der Waals surface area contributed by atoms with Crippen molar-refractivity contribution >= 4 is 5.91 Å². The van der Waals surface area contributed by atoms with E-state index in [0.29, 0.717) is 6.42 Å². The molecule has 0 aromatic heterocycles. The van der Waals surface area contributed by atoms with Gasteiger partial charge in [0.25, 0.3) is 0 Å². The van der Waals surface area contributed by atoms with Crippen LogP contribution in [0, 0.1) is 0 Å². The third-order valence-electron chi connectivity index (χ3n) is 11.9. The van der Waals surface area contributed by atoms with E-state index in [9.17, 15) is 30.3 Å². The van der Waals surface area contributed by atoms with Crippen molar-refractivity contribution in [3.05, 3.63) is 48.6 Å². The fourth-order valence-corrected chi connectivity index (χ4v) is 7.81. The molecule has 0 saturated carbocycles. The number of hydrogen-bond acceptors (Lipinski definition) is 8. The Kier molecular flexibility index (Phi) is 39.5. The van der Waals surface area contributed by atoms with Crippen LogP contribution in [0.3, 0.4) is 0 Å². The fourth-order valence-electron chi connectivity index (χ4n) is 7.81. The van der Waals surface area contributed by atoms with Crippen LogP contribution in [-0.4, -0.2) is 87.5 Å². The highest BCUT2D eigenvalue weighted by Gasteiger charge is 2.44. The number of amides is 1. The van der Waals surface area contributed by atoms with Gasteiger partial charge in [-0.05, 0) is 57.8 Å². The summed E-state index contributed by atoms with van der Waals surface area (Å²) in [5, 5.41) is 53.9. The Morgan fingerprint density at radius 1 is 0.557 bits per heavy atom. The second-order valence-corrected chi connectivity index (χ2v) is 17.6. The topological polar surface area (TPSA) is 149 Å². The van der Waals surface area contributed by atoms with Gasteiger partial charge in [0.1, 0.15) is 24.4 Å². The zero-order chi connectivity index (χ0) is 44.4. The van der Waals surface area contributed by atoms with Crippen molar-refractivity contribution in [2.75, 3.05) is 13.2 Å². The summed E-state index contributed by atoms with van der Waals surface area (Å²) in [4.78, 5) is 12.9. The molecule has 9 nitrogen and oxygen atoms in total. The van der Waals surface area contributed by atoms with Crippen LogP contribution < -0.4 is 5.32 Å². The summed E-state index contributed by atoms with van der Waals surface area (Å²) in [6.45, 7) is 3.70. The van der Waals surface area contributed by atoms with Crippen LogP contribution in [0.25, 0.3) is 0 Å². The van der Waals surface area contributed by atoms with Gasteiger partial charge in [-0.2, -0.15) is 0 Å². The number of carbonyl (C=O) groups is 1. The molecule has 6 N–H and O–H groups in total. The highest BCUT2D eigenvalue weighted by molar-refractivity contribution is 5.76. The highest BCUT2D eigenvalue weighted by Crippen LogP contribution is 2.23. The number of allylic oxidation sites excluding steroid dienone is 7. The molecule has 9 heteroatoms. The number of unbranched alkanes of at least 4 members (excludes halogenated alkanes) is 26. The Morgan fingerprint density at radius 2 is 0.967 bits per heavy atom. The average molecular weight is 862 g/mol. The maximum absolute atomic E-state index is 12.9. The quantitative estimate of drug-likeness (QED) is 0.0262. The van der Waals surface area contributed by atoms with Gasteiger partial charge in [0.2, 0.25) is 5.91 Å². The summed E-state index contributed by atoms with van der Waals surface area (Å²) in [5.41, 5.74) is 0. The molecule has 7 atom stereocenters. The minimum absolute atomic E-state index is 0.182. The molecule has 356 valence electrons. The second kappa shape index (κ2) is 42.1. The molecule has 1 amide bonds. The molecule has 1 aliphatic rings. The zero-order valence-electron chi connectivity index (χ0n) is 39.2. The van der Waals surface area contributed by atoms with E-state index in [-0.39, 0.29) is 12.5 Å². The Hall–Kier alpha value is -1.85. The molecule has 0 spiro atoms. The van der Waals surface area contributed by atoms with Crippen molar-refractivity contribution in [1.29, 1.82) is 0 Å². The average Bonchev–Trinajstić information content (AvgIpc) is 3.26. The van der Waals surface area contributed by atoms with Crippen molar-refractivity contribution < 1.29 is 39.8 Å². The first-order valence-electron chi connectivity index (χ1n) is 25.4. The minimum Gasteiger partial charge on any atom is -0.394 e. The van der Waals surface area contributed by atoms with E-state index >= 15 is 0 Å². The molecule has 1 rings (SSSR count). The lowest BCUT2D eigenvalue weighted by molar-refractivity contribution is -0.302. The standard InChI is InChI=1S/C52H95NO8/c1-3-5-7-9-11-12-13-14-15-16-17-18-19-20-21-22-23-24-25-26-27-28-29-30-31-32-33-34-36-38-40-42-48(56)53-45(46(55)41-39-37-35-10-8-6-4-2)44-60-52-51(59)50(58)49(57)47(43-54)61-52/h13-14,16-17,19-20,39,41,45-47,49-52,54-55,57-59H,3-12,15,18,21-38,40,42-44H2,1-2H3,(H,53,56)/b14-13-,17-16-,20-19-,41-39+. The molecule has 0 bridgehead atoms. The number of ether oxygens (including phenoxy) is 2. The van der Waals surface area contributed by atoms with Gasteiger partial charge < -0.3 is 40.3 Å². The Bertz CT molecular complexity index is 1090. The molecule has 0 aromatic rings. The van der Waals surface area contributed by atoms with Crippen molar-refractivity contribution in [3.8, 4) is 0 Å². The van der Waals surface area contributed by atoms with Crippen LogP contribution >= 0.6 is 0 Å². The lowest BCUT2D eigenvalue weighted by Gasteiger charge is -2.40. The monoisotopic (exact) mass is 862 g/mol. The fraction of sp³-hybridized carbons (Fsp3) is 0.827. The van der Waals surface area contributed by atoms with Crippen LogP contribution in [0.2, 0.25) is 0 Å². The first-order valence-corrected chi connectivity index (χ1v) is 25.4. The van der Waals surface area contributed by atoms with Crippen molar-refractivity contribution in [1.82, 2.24) is 5.32 Å². The molecule has 7 unspecified atom stereocenters. The maximum atomic E-state index is 12.9. The maximum Gasteiger partial charge on any atom is 0.220 e. The van der Waals surface area contributed by atoms with Gasteiger partial charge in [-0.25, -0.2) is 0 Å². The molecule has 61 heavy (non-hydrogen) atoms. The summed E-state index contributed by atoms with van der Waals surface area (Å²) in [7, 11) is 0. The molecule has 1 fully saturated rings. The number of aliphatic hydroxyl groups is 5. The van der Waals surface area contributed by atoms with Gasteiger partial charge in [0.05, 0.1) is 25.4 Å². The van der Waals surface area contributed by atoms with E-state index < -0.39 is 49.5 Å². The lowest BCUT2D eigenvalue weighted by Crippen LogP contribution is -2.60. The summed E-state index contributed by atoms with van der Waals surface area (Å²) >= 11 is 0. The molecular formula is C52H95NO8. The van der Waals surface area contributed by atoms with E-state index in [2.05, 4.69) is 55.6 Å². The van der Waals surface area contributed by atoms with Gasteiger partial charge in [-0.15, -0.1) is 0 Å². The molecule has 1 aliphatic heterocycles. The third-order valence-corrected chi connectivity index (χ3v) is 11.9. The summed E-state index contributed by atoms with van der Waals surface area (Å²) in [6, 6.07) is -0.801. The molecule has 0 aromatic carbocycles. The van der Waals surface area contributed by atoms with Crippen LogP contribution in [0.4, 0.5) is 0 Å². The Balaban J connectivity index is 2.09. The molecule has 0 radical (unpaired) electrons. The summed E-state index contributed by atoms with van der Waals surface area (Å²) in [6.07, 6.45) is 47.8. The zero-order valence-corrected chi connectivity index (χ0v) is 39.2. The predicted octanol–water partition coefficient (Wildman–Crippen LogP) is 11.4. The summed E-state index contributed by atoms with van der Waals surface area (Å²) < 4.78 is 11.2. The van der Waals surface area contributed by atoms with Crippen molar-refractivity contribution in [2.45, 2.75) is 262 Å². The van der Waals surface area contributed by atoms with Gasteiger partial charge in [0.15, 0.2) is 6.29 Å². The SMILES string of the molecule is CCCCCCC/C=C\C/C=C\C/C=C\CCCCCCCCCCCCCCCCCCC(=O)NC(COC1OC(CO)C(O)C(O)C1O)C(O)/C=C/CCCCCCC. The second-order valence-electron chi connectivity index (χ2n) is 17.6. The first kappa shape index (κ1) is 57.2. The van der Waals surface area contributed by atoms with Gasteiger partial charge in [-0.1, -0.05) is 204 Å². The van der Waals surface area contributed by atoms with Crippen LogP contribution in [0.15, 0.2) is 48.6 Å². The van der Waals surface area contributed by atoms with Crippen LogP contribution in [0.1, 0.15) is 219 Å². The van der Waals surface area contributed by atoms with Crippen LogP contribution in [-0.2, 0) is 14.3 Å². The number of rotatable bonds is 42. The normalized spacial score (nSPS) is 20.8. The van der Waals surface area contributed by atoms with Gasteiger partial charge >= 0.3 is 0 Å². The number of nitrogens with one attached hydrogen (secondary N) is 1. The number of carbonyl (C=O) groups excluding carboxylic acids is 1. The number of aliphatic hydroxyl groups excluding tert-OH is 5. The van der Waals surface area contributed by atoms with E-state index in [1.807, 2.05) is 6.08 Å². The smallest absolute Gasteiger partial charge is 0.220 e. The summed E-state index contributed by atoms with van der Waals surface area (Å²) in [5.74, 6) is -0.182. The lowest BCUT2D eigenvalue weighted by atomic mass is 9.99. The van der Waals surface area contributed by atoms with Crippen molar-refractivity contribution in [3.63, 3.8) is 0 Å². The van der Waals surface area contributed by atoms with E-state index in [4.69, 9.17) is 9.47 Å². The van der Waals surface area contributed by atoms with E-state index in [1.54, 1.807) is 6.08 Å². The van der Waals surface area contributed by atoms with E-state index in [0.717, 1.165) is 51.4 Å². The molecule has 0 aliphatic carbocycles. The Morgan fingerprint density at radius 3 is 1.43 bits per heavy atom. The van der Waals surface area contributed by atoms with Crippen molar-refractivity contribution in [2.24, 2.45) is 0 Å².